The number of hydrogen-bond donors (Lipinski definition) is 3. The normalized spacial score (nSPS) is 10.9. The molecule has 148 valence electrons. The van der Waals surface area contributed by atoms with Crippen LogP contribution in [0.15, 0.2) is 41.3 Å². The van der Waals surface area contributed by atoms with Crippen molar-refractivity contribution in [3.63, 3.8) is 0 Å². The molecule has 0 aliphatic carbocycles. The number of ether oxygens (including phenoxy) is 1. The predicted molar refractivity (Wildman–Crippen MR) is 104 cm³/mol. The molecule has 0 spiro atoms. The number of carboxylic acids is 1. The van der Waals surface area contributed by atoms with Gasteiger partial charge in [0.2, 0.25) is 10.0 Å². The molecule has 8 nitrogen and oxygen atoms in total. The van der Waals surface area contributed by atoms with Gasteiger partial charge in [0.1, 0.15) is 10.6 Å². The summed E-state index contributed by atoms with van der Waals surface area (Å²) in [5.74, 6) is -1.14. The number of rotatable bonds is 9. The second-order valence-electron chi connectivity index (χ2n) is 5.99. The number of carboxylic acid groups (broad SMARTS) is 1. The third-order valence-corrected chi connectivity index (χ3v) is 4.86. The van der Waals surface area contributed by atoms with Crippen LogP contribution >= 0.6 is 0 Å². The molecule has 0 unspecified atom stereocenters. The summed E-state index contributed by atoms with van der Waals surface area (Å²) in [5, 5.41) is 27.1. The quantitative estimate of drug-likeness (QED) is 0.546. The van der Waals surface area contributed by atoms with Gasteiger partial charge in [0, 0.05) is 12.1 Å². The summed E-state index contributed by atoms with van der Waals surface area (Å²) >= 11 is 0. The van der Waals surface area contributed by atoms with Crippen molar-refractivity contribution in [2.45, 2.75) is 31.1 Å². The Morgan fingerprint density at radius 1 is 1.32 bits per heavy atom. The molecular weight excluding hydrogens is 382 g/mol. The Morgan fingerprint density at radius 2 is 2.00 bits per heavy atom. The van der Waals surface area contributed by atoms with Crippen LogP contribution in [0.2, 0.25) is 0 Å². The Labute approximate surface area is 163 Å². The van der Waals surface area contributed by atoms with E-state index in [1.165, 1.54) is 0 Å². The van der Waals surface area contributed by atoms with Crippen molar-refractivity contribution >= 4 is 21.7 Å². The van der Waals surface area contributed by atoms with Crippen molar-refractivity contribution in [3.8, 4) is 17.6 Å². The van der Waals surface area contributed by atoms with E-state index in [-0.39, 0.29) is 29.0 Å². The Morgan fingerprint density at radius 3 is 2.54 bits per heavy atom. The van der Waals surface area contributed by atoms with Gasteiger partial charge in [0.15, 0.2) is 5.75 Å². The third kappa shape index (κ3) is 5.00. The molecule has 0 aliphatic rings. The van der Waals surface area contributed by atoms with E-state index in [9.17, 15) is 23.6 Å². The number of benzene rings is 2. The molecule has 0 aliphatic heterocycles. The van der Waals surface area contributed by atoms with E-state index in [0.29, 0.717) is 12.3 Å². The largest absolute Gasteiger partial charge is 0.478 e. The summed E-state index contributed by atoms with van der Waals surface area (Å²) in [6.07, 6.45) is 1.36. The molecule has 2 rings (SSSR count). The van der Waals surface area contributed by atoms with Crippen LogP contribution in [0.25, 0.3) is 0 Å². The van der Waals surface area contributed by atoms with Crippen LogP contribution in [0.4, 0.5) is 5.69 Å². The fraction of sp³-hybridized carbons (Fsp3) is 0.263. The highest BCUT2D eigenvalue weighted by Gasteiger charge is 2.28. The van der Waals surface area contributed by atoms with Gasteiger partial charge >= 0.3 is 5.97 Å². The lowest BCUT2D eigenvalue weighted by Gasteiger charge is -2.20. The second kappa shape index (κ2) is 9.21. The van der Waals surface area contributed by atoms with E-state index in [4.69, 9.17) is 9.88 Å². The van der Waals surface area contributed by atoms with E-state index < -0.39 is 20.9 Å². The number of anilines is 1. The molecule has 0 radical (unpaired) electrons. The molecule has 0 bridgehead atoms. The first-order valence-corrected chi connectivity index (χ1v) is 10.1. The number of para-hydroxylation sites is 1. The van der Waals surface area contributed by atoms with Gasteiger partial charge in [0.25, 0.3) is 0 Å². The Balaban J connectivity index is 2.80. The van der Waals surface area contributed by atoms with Crippen molar-refractivity contribution in [1.82, 2.24) is 0 Å². The third-order valence-electron chi connectivity index (χ3n) is 3.94. The summed E-state index contributed by atoms with van der Waals surface area (Å²) in [7, 11) is -4.31. The Kier molecular flexibility index (Phi) is 6.98. The summed E-state index contributed by atoms with van der Waals surface area (Å²) in [4.78, 5) is 11.3. The van der Waals surface area contributed by atoms with E-state index in [1.807, 2.05) is 13.0 Å². The smallest absolute Gasteiger partial charge is 0.336 e. The molecule has 0 atom stereocenters. The maximum Gasteiger partial charge on any atom is 0.336 e. The van der Waals surface area contributed by atoms with Crippen LogP contribution in [-0.2, 0) is 16.4 Å². The van der Waals surface area contributed by atoms with Crippen LogP contribution in [0, 0.1) is 11.3 Å². The minimum Gasteiger partial charge on any atom is -0.478 e. The van der Waals surface area contributed by atoms with Crippen molar-refractivity contribution in [1.29, 1.82) is 5.26 Å². The lowest BCUT2D eigenvalue weighted by Crippen LogP contribution is -2.18. The van der Waals surface area contributed by atoms with Gasteiger partial charge in [-0.05, 0) is 24.6 Å². The Bertz CT molecular complexity index is 998. The van der Waals surface area contributed by atoms with Crippen LogP contribution < -0.4 is 15.2 Å². The summed E-state index contributed by atoms with van der Waals surface area (Å²) in [5.41, 5.74) is -0.0304. The van der Waals surface area contributed by atoms with Gasteiger partial charge in [0.05, 0.1) is 23.7 Å². The number of unbranched alkanes of at least 4 members (excludes halogenated alkanes) is 1. The van der Waals surface area contributed by atoms with Crippen molar-refractivity contribution in [2.24, 2.45) is 5.14 Å². The zero-order valence-electron chi connectivity index (χ0n) is 15.3. The van der Waals surface area contributed by atoms with Crippen LogP contribution in [-0.4, -0.2) is 26.0 Å². The number of aromatic carboxylic acids is 1. The lowest BCUT2D eigenvalue weighted by molar-refractivity contribution is 0.0695. The van der Waals surface area contributed by atoms with Gasteiger partial charge in [-0.25, -0.2) is 18.4 Å². The van der Waals surface area contributed by atoms with Crippen molar-refractivity contribution in [2.75, 3.05) is 11.9 Å². The van der Waals surface area contributed by atoms with Crippen molar-refractivity contribution in [3.05, 3.63) is 47.5 Å². The molecule has 0 amide bonds. The van der Waals surface area contributed by atoms with E-state index >= 15 is 0 Å². The maximum atomic E-state index is 12.2. The number of sulfonamides is 1. The van der Waals surface area contributed by atoms with E-state index in [0.717, 1.165) is 18.9 Å². The highest BCUT2D eigenvalue weighted by molar-refractivity contribution is 7.89. The standard InChI is InChI=1S/C19H21N3O5S/c1-2-3-11-22-17-14(9-10-20)15(19(23)24)12-16(28(21,25)26)18(17)27-13-7-5-4-6-8-13/h4-8,12,22H,2-3,9,11H2,1H3,(H,23,24)(H2,21,25,26). The summed E-state index contributed by atoms with van der Waals surface area (Å²) < 4.78 is 30.2. The van der Waals surface area contributed by atoms with Gasteiger partial charge in [-0.15, -0.1) is 0 Å². The maximum absolute atomic E-state index is 12.2. The number of nitrogens with zero attached hydrogens (tertiary/aromatic N) is 1. The van der Waals surface area contributed by atoms with Crippen molar-refractivity contribution < 1.29 is 23.1 Å². The molecule has 0 aromatic heterocycles. The summed E-state index contributed by atoms with van der Waals surface area (Å²) in [6.45, 7) is 2.41. The molecule has 2 aromatic carbocycles. The first-order chi connectivity index (χ1) is 13.3. The molecule has 0 heterocycles. The fourth-order valence-electron chi connectivity index (χ4n) is 2.63. The molecule has 2 aromatic rings. The topological polar surface area (TPSA) is 143 Å². The van der Waals surface area contributed by atoms with E-state index in [2.05, 4.69) is 5.32 Å². The average Bonchev–Trinajstić information content (AvgIpc) is 2.63. The van der Waals surface area contributed by atoms with Crippen LogP contribution in [0.1, 0.15) is 35.7 Å². The number of carbonyl (C=O) groups is 1. The highest BCUT2D eigenvalue weighted by atomic mass is 32.2. The monoisotopic (exact) mass is 403 g/mol. The minimum absolute atomic E-state index is 0.125. The average molecular weight is 403 g/mol. The van der Waals surface area contributed by atoms with Gasteiger partial charge in [-0.3, -0.25) is 0 Å². The highest BCUT2D eigenvalue weighted by Crippen LogP contribution is 2.40. The zero-order chi connectivity index (χ0) is 20.7. The zero-order valence-corrected chi connectivity index (χ0v) is 16.1. The number of primary sulfonamides is 1. The number of nitriles is 1. The SMILES string of the molecule is CCCCNc1c(CC#N)c(C(=O)O)cc(S(N)(=O)=O)c1Oc1ccccc1. The summed E-state index contributed by atoms with van der Waals surface area (Å²) in [6, 6.07) is 11.3. The molecular formula is C19H21N3O5S. The van der Waals surface area contributed by atoms with Gasteiger partial charge in [-0.1, -0.05) is 31.5 Å². The van der Waals surface area contributed by atoms with Crippen LogP contribution in [0.5, 0.6) is 11.5 Å². The second-order valence-corrected chi connectivity index (χ2v) is 7.52. The van der Waals surface area contributed by atoms with Crippen LogP contribution in [0.3, 0.4) is 0 Å². The number of nitrogens with two attached hydrogens (primary N) is 1. The Hall–Kier alpha value is -3.09. The predicted octanol–water partition coefficient (Wildman–Crippen LogP) is 3.10. The van der Waals surface area contributed by atoms with Gasteiger partial charge in [-0.2, -0.15) is 5.26 Å². The molecule has 9 heteroatoms. The minimum atomic E-state index is -4.31. The van der Waals surface area contributed by atoms with Gasteiger partial charge < -0.3 is 15.2 Å². The van der Waals surface area contributed by atoms with E-state index in [1.54, 1.807) is 30.3 Å². The molecule has 4 N–H and O–H groups in total. The molecule has 0 fully saturated rings. The molecule has 28 heavy (non-hydrogen) atoms. The first-order valence-electron chi connectivity index (χ1n) is 8.59. The number of nitrogens with one attached hydrogen (secondary N) is 1. The first kappa shape index (κ1) is 21.2. The fourth-order valence-corrected chi connectivity index (χ4v) is 3.31. The molecule has 0 saturated heterocycles. The lowest BCUT2D eigenvalue weighted by atomic mass is 10.0. The number of hydrogen-bond acceptors (Lipinski definition) is 6. The molecule has 0 saturated carbocycles.